The smallest absolute Gasteiger partial charge is 0.423 e. The van der Waals surface area contributed by atoms with Gasteiger partial charge >= 0.3 is 7.12 Å². The first kappa shape index (κ1) is 22.5. The monoisotopic (exact) mass is 425 g/mol. The largest absolute Gasteiger partial charge is 0.488 e. The minimum Gasteiger partial charge on any atom is -0.423 e. The first-order chi connectivity index (χ1) is 14.8. The number of nitrogens with zero attached hydrogens (tertiary/aromatic N) is 1. The zero-order valence-corrected chi connectivity index (χ0v) is 19.1. The fourth-order valence-electron chi connectivity index (χ4n) is 7.13. The molecule has 1 aromatic carbocycles. The Labute approximate surface area is 186 Å². The highest BCUT2D eigenvalue weighted by atomic mass is 16.4. The summed E-state index contributed by atoms with van der Waals surface area (Å²) in [5, 5.41) is 19.1. The molecular formula is C25H36BNO4. The third kappa shape index (κ3) is 3.86. The van der Waals surface area contributed by atoms with Gasteiger partial charge in [-0.25, -0.2) is 0 Å². The van der Waals surface area contributed by atoms with Crippen LogP contribution in [-0.4, -0.2) is 46.8 Å². The summed E-state index contributed by atoms with van der Waals surface area (Å²) >= 11 is 0. The average Bonchev–Trinajstić information content (AvgIpc) is 3.02. The quantitative estimate of drug-likeness (QED) is 0.687. The van der Waals surface area contributed by atoms with E-state index < -0.39 is 7.12 Å². The van der Waals surface area contributed by atoms with Crippen LogP contribution in [0.5, 0.6) is 0 Å². The Morgan fingerprint density at radius 1 is 1.23 bits per heavy atom. The summed E-state index contributed by atoms with van der Waals surface area (Å²) in [5.74, 6) is 2.16. The molecule has 4 rings (SSSR count). The molecule has 0 aromatic heterocycles. The fourth-order valence-corrected chi connectivity index (χ4v) is 7.13. The van der Waals surface area contributed by atoms with E-state index in [1.54, 1.807) is 0 Å². The summed E-state index contributed by atoms with van der Waals surface area (Å²) in [6.07, 6.45) is 5.87. The van der Waals surface area contributed by atoms with Gasteiger partial charge in [0, 0.05) is 31.3 Å². The Balaban J connectivity index is 1.57. The number of ketones is 1. The lowest BCUT2D eigenvalue weighted by Gasteiger charge is -2.50. The Hall–Kier alpha value is -1.66. The zero-order valence-electron chi connectivity index (χ0n) is 19.1. The summed E-state index contributed by atoms with van der Waals surface area (Å²) in [5.41, 5.74) is 2.87. The molecular weight excluding hydrogens is 389 g/mol. The first-order valence-corrected chi connectivity index (χ1v) is 12.1. The van der Waals surface area contributed by atoms with Gasteiger partial charge < -0.3 is 14.9 Å². The molecule has 2 fully saturated rings. The standard InChI is InChI=1S/C25H36BNO4/c1-4-27(5-2)23(29)11-7-17-15-22(28)25(3)13-12-20-19-10-8-18(26(30)31)14-16(19)6-9-21(20)24(17)25/h8,10,14,17,20-21,24,30-31H,4-7,9,11-13,15H2,1-3H3/t17-,20-,21-,24+,25-/m1/s1. The van der Waals surface area contributed by atoms with Crippen molar-refractivity contribution in [1.82, 2.24) is 4.90 Å². The van der Waals surface area contributed by atoms with Crippen molar-refractivity contribution in [3.8, 4) is 0 Å². The van der Waals surface area contributed by atoms with Crippen LogP contribution in [0.2, 0.25) is 0 Å². The Bertz CT molecular complexity index is 852. The van der Waals surface area contributed by atoms with Gasteiger partial charge in [-0.15, -0.1) is 0 Å². The van der Waals surface area contributed by atoms with Crippen molar-refractivity contribution in [3.05, 3.63) is 29.3 Å². The third-order valence-electron chi connectivity index (χ3n) is 8.74. The van der Waals surface area contributed by atoms with Crippen molar-refractivity contribution < 1.29 is 19.6 Å². The maximum Gasteiger partial charge on any atom is 0.488 e. The first-order valence-electron chi connectivity index (χ1n) is 12.1. The number of aryl methyl sites for hydroxylation is 1. The molecule has 5 atom stereocenters. The van der Waals surface area contributed by atoms with E-state index in [4.69, 9.17) is 0 Å². The second kappa shape index (κ2) is 8.70. The van der Waals surface area contributed by atoms with Crippen LogP contribution in [0, 0.1) is 23.2 Å². The minimum atomic E-state index is -1.43. The SMILES string of the molecule is CCN(CC)C(=O)CC[C@@H]1CC(=O)[C@@]2(C)CC[C@@H]3c4ccc(B(O)O)cc4CC[C@H]3[C@H]12. The number of Topliss-reactive ketones (excluding diaryl/α,β-unsaturated/α-hetero) is 1. The van der Waals surface area contributed by atoms with E-state index >= 15 is 0 Å². The molecule has 0 aliphatic heterocycles. The Morgan fingerprint density at radius 3 is 2.65 bits per heavy atom. The van der Waals surface area contributed by atoms with Crippen molar-refractivity contribution in [3.63, 3.8) is 0 Å². The molecule has 0 bridgehead atoms. The molecule has 0 unspecified atom stereocenters. The molecule has 168 valence electrons. The van der Waals surface area contributed by atoms with Crippen LogP contribution < -0.4 is 5.46 Å². The molecule has 0 saturated heterocycles. The number of fused-ring (bicyclic) bond motifs is 5. The van der Waals surface area contributed by atoms with Crippen molar-refractivity contribution >= 4 is 24.3 Å². The van der Waals surface area contributed by atoms with Crippen LogP contribution >= 0.6 is 0 Å². The fraction of sp³-hybridized carbons (Fsp3) is 0.680. The van der Waals surface area contributed by atoms with E-state index in [0.29, 0.717) is 47.8 Å². The molecule has 0 spiro atoms. The van der Waals surface area contributed by atoms with Gasteiger partial charge in [0.15, 0.2) is 0 Å². The van der Waals surface area contributed by atoms with Crippen LogP contribution in [0.15, 0.2) is 18.2 Å². The lowest BCUT2D eigenvalue weighted by Crippen LogP contribution is -2.44. The summed E-state index contributed by atoms with van der Waals surface area (Å²) < 4.78 is 0. The van der Waals surface area contributed by atoms with Crippen molar-refractivity contribution in [2.24, 2.45) is 23.2 Å². The van der Waals surface area contributed by atoms with Crippen LogP contribution in [-0.2, 0) is 16.0 Å². The summed E-state index contributed by atoms with van der Waals surface area (Å²) in [6.45, 7) is 7.70. The molecule has 3 aliphatic carbocycles. The van der Waals surface area contributed by atoms with E-state index in [1.807, 2.05) is 30.9 Å². The lowest BCUT2D eigenvalue weighted by atomic mass is 9.53. The van der Waals surface area contributed by atoms with E-state index in [-0.39, 0.29) is 11.3 Å². The average molecular weight is 425 g/mol. The van der Waals surface area contributed by atoms with Crippen molar-refractivity contribution in [1.29, 1.82) is 0 Å². The van der Waals surface area contributed by atoms with Crippen LogP contribution in [0.3, 0.4) is 0 Å². The normalized spacial score (nSPS) is 31.6. The van der Waals surface area contributed by atoms with Gasteiger partial charge in [0.1, 0.15) is 5.78 Å². The molecule has 1 amide bonds. The number of hydrogen-bond acceptors (Lipinski definition) is 4. The molecule has 0 radical (unpaired) electrons. The van der Waals surface area contributed by atoms with Crippen molar-refractivity contribution in [2.75, 3.05) is 13.1 Å². The topological polar surface area (TPSA) is 77.8 Å². The van der Waals surface area contributed by atoms with Gasteiger partial charge in [-0.2, -0.15) is 0 Å². The predicted octanol–water partition coefficient (Wildman–Crippen LogP) is 2.67. The predicted molar refractivity (Wildman–Crippen MR) is 122 cm³/mol. The molecule has 6 heteroatoms. The van der Waals surface area contributed by atoms with Gasteiger partial charge in [0.25, 0.3) is 0 Å². The number of rotatable bonds is 6. The number of carbonyl (C=O) groups is 2. The number of hydrogen-bond donors (Lipinski definition) is 2. The van der Waals surface area contributed by atoms with E-state index in [0.717, 1.165) is 45.2 Å². The highest BCUT2D eigenvalue weighted by molar-refractivity contribution is 6.58. The molecule has 2 saturated carbocycles. The number of carbonyl (C=O) groups excluding carboxylic acids is 2. The van der Waals surface area contributed by atoms with Gasteiger partial charge in [-0.3, -0.25) is 9.59 Å². The number of benzene rings is 1. The molecule has 3 aliphatic rings. The molecule has 31 heavy (non-hydrogen) atoms. The summed E-state index contributed by atoms with van der Waals surface area (Å²) in [7, 11) is -1.43. The van der Waals surface area contributed by atoms with Crippen molar-refractivity contribution in [2.45, 2.75) is 71.6 Å². The Morgan fingerprint density at radius 2 is 1.97 bits per heavy atom. The molecule has 5 nitrogen and oxygen atoms in total. The van der Waals surface area contributed by atoms with E-state index in [2.05, 4.69) is 13.0 Å². The maximum absolute atomic E-state index is 13.1. The molecule has 2 N–H and O–H groups in total. The maximum atomic E-state index is 13.1. The van der Waals surface area contributed by atoms with Gasteiger partial charge in [-0.05, 0) is 86.2 Å². The van der Waals surface area contributed by atoms with E-state index in [1.165, 1.54) is 11.1 Å². The highest BCUT2D eigenvalue weighted by Crippen LogP contribution is 2.62. The van der Waals surface area contributed by atoms with Gasteiger partial charge in [0.2, 0.25) is 5.91 Å². The summed E-state index contributed by atoms with van der Waals surface area (Å²) in [6, 6.07) is 5.86. The molecule has 0 heterocycles. The molecule has 1 aromatic rings. The van der Waals surface area contributed by atoms with Crippen LogP contribution in [0.4, 0.5) is 0 Å². The highest BCUT2D eigenvalue weighted by Gasteiger charge is 2.58. The van der Waals surface area contributed by atoms with Gasteiger partial charge in [-0.1, -0.05) is 25.1 Å². The second-order valence-corrected chi connectivity index (χ2v) is 10.1. The second-order valence-electron chi connectivity index (χ2n) is 10.1. The van der Waals surface area contributed by atoms with E-state index in [9.17, 15) is 19.6 Å². The van der Waals surface area contributed by atoms with Crippen LogP contribution in [0.25, 0.3) is 0 Å². The minimum absolute atomic E-state index is 0.211. The third-order valence-corrected chi connectivity index (χ3v) is 8.74. The Kier molecular flexibility index (Phi) is 6.33. The van der Waals surface area contributed by atoms with Crippen LogP contribution in [0.1, 0.15) is 76.3 Å². The zero-order chi connectivity index (χ0) is 22.3. The summed E-state index contributed by atoms with van der Waals surface area (Å²) in [4.78, 5) is 27.6. The lowest BCUT2D eigenvalue weighted by molar-refractivity contribution is -0.131. The number of amides is 1. The van der Waals surface area contributed by atoms with Gasteiger partial charge in [0.05, 0.1) is 0 Å².